The lowest BCUT2D eigenvalue weighted by Crippen LogP contribution is -2.45. The van der Waals surface area contributed by atoms with Crippen LogP contribution in [0.25, 0.3) is 0 Å². The largest absolute Gasteiger partial charge is 0.323 e. The van der Waals surface area contributed by atoms with Crippen LogP contribution in [0.2, 0.25) is 5.02 Å². The summed E-state index contributed by atoms with van der Waals surface area (Å²) in [7, 11) is -3.64. The molecule has 5 nitrogen and oxygen atoms in total. The third kappa shape index (κ3) is 4.27. The van der Waals surface area contributed by atoms with Crippen LogP contribution in [0.5, 0.6) is 0 Å². The maximum atomic E-state index is 12.5. The lowest BCUT2D eigenvalue weighted by molar-refractivity contribution is -0.116. The summed E-state index contributed by atoms with van der Waals surface area (Å²) in [5.74, 6) is -0.463. The predicted octanol–water partition coefficient (Wildman–Crippen LogP) is 3.44. The first kappa shape index (κ1) is 18.3. The number of sulfonamides is 1. The van der Waals surface area contributed by atoms with Gasteiger partial charge in [-0.3, -0.25) is 9.10 Å². The highest BCUT2D eigenvalue weighted by Gasteiger charge is 2.29. The topological polar surface area (TPSA) is 66.5 Å². The van der Waals surface area contributed by atoms with Gasteiger partial charge in [0, 0.05) is 0 Å². The van der Waals surface area contributed by atoms with Crippen LogP contribution in [-0.4, -0.2) is 26.6 Å². The maximum absolute atomic E-state index is 12.5. The minimum absolute atomic E-state index is 0.388. The van der Waals surface area contributed by atoms with Crippen LogP contribution in [0.4, 0.5) is 11.4 Å². The lowest BCUT2D eigenvalue weighted by atomic mass is 10.2. The molecule has 2 aromatic carbocycles. The van der Waals surface area contributed by atoms with Gasteiger partial charge in [0.2, 0.25) is 15.9 Å². The van der Waals surface area contributed by atoms with Gasteiger partial charge in [0.25, 0.3) is 0 Å². The van der Waals surface area contributed by atoms with Crippen molar-refractivity contribution >= 4 is 38.9 Å². The van der Waals surface area contributed by atoms with Crippen molar-refractivity contribution in [3.8, 4) is 0 Å². The van der Waals surface area contributed by atoms with Crippen molar-refractivity contribution in [2.24, 2.45) is 0 Å². The fourth-order valence-corrected chi connectivity index (χ4v) is 3.72. The summed E-state index contributed by atoms with van der Waals surface area (Å²) >= 11 is 6.03. The normalized spacial score (nSPS) is 12.5. The van der Waals surface area contributed by atoms with Crippen LogP contribution < -0.4 is 9.62 Å². The van der Waals surface area contributed by atoms with E-state index in [-0.39, 0.29) is 0 Å². The molecule has 0 spiro atoms. The van der Waals surface area contributed by atoms with Gasteiger partial charge in [0.15, 0.2) is 0 Å². The Hall–Kier alpha value is -2.05. The highest BCUT2D eigenvalue weighted by molar-refractivity contribution is 7.92. The van der Waals surface area contributed by atoms with Crippen molar-refractivity contribution in [1.29, 1.82) is 0 Å². The molecule has 0 bridgehead atoms. The number of rotatable bonds is 5. The number of nitrogens with one attached hydrogen (secondary N) is 1. The molecule has 0 saturated heterocycles. The van der Waals surface area contributed by atoms with E-state index in [1.807, 2.05) is 13.0 Å². The van der Waals surface area contributed by atoms with Crippen molar-refractivity contribution in [3.63, 3.8) is 0 Å². The standard InChI is InChI=1S/C17H19ClN2O3S/c1-12-7-6-8-14(11-12)20(24(3,22)23)13(2)17(21)19-16-10-5-4-9-15(16)18/h4-11,13H,1-3H3,(H,19,21). The zero-order valence-corrected chi connectivity index (χ0v) is 15.2. The molecule has 2 rings (SSSR count). The lowest BCUT2D eigenvalue weighted by Gasteiger charge is -2.28. The third-order valence-electron chi connectivity index (χ3n) is 3.48. The van der Waals surface area contributed by atoms with Crippen molar-refractivity contribution in [3.05, 3.63) is 59.1 Å². The van der Waals surface area contributed by atoms with Gasteiger partial charge in [-0.2, -0.15) is 0 Å². The van der Waals surface area contributed by atoms with E-state index >= 15 is 0 Å². The highest BCUT2D eigenvalue weighted by Crippen LogP contribution is 2.24. The van der Waals surface area contributed by atoms with Gasteiger partial charge < -0.3 is 5.32 Å². The first-order valence-corrected chi connectivity index (χ1v) is 9.54. The van der Waals surface area contributed by atoms with Crippen molar-refractivity contribution < 1.29 is 13.2 Å². The van der Waals surface area contributed by atoms with Gasteiger partial charge in [0.05, 0.1) is 22.7 Å². The van der Waals surface area contributed by atoms with Gasteiger partial charge in [-0.1, -0.05) is 35.9 Å². The molecule has 1 unspecified atom stereocenters. The van der Waals surface area contributed by atoms with Crippen molar-refractivity contribution in [1.82, 2.24) is 0 Å². The van der Waals surface area contributed by atoms with Crippen LogP contribution >= 0.6 is 11.6 Å². The number of anilines is 2. The molecule has 24 heavy (non-hydrogen) atoms. The minimum atomic E-state index is -3.64. The van der Waals surface area contributed by atoms with Gasteiger partial charge in [-0.15, -0.1) is 0 Å². The Labute approximate surface area is 147 Å². The molecule has 1 atom stereocenters. The summed E-state index contributed by atoms with van der Waals surface area (Å²) in [6.45, 7) is 3.40. The van der Waals surface area contributed by atoms with Gasteiger partial charge in [-0.05, 0) is 43.7 Å². The van der Waals surface area contributed by atoms with E-state index in [1.165, 1.54) is 6.92 Å². The Morgan fingerprint density at radius 2 is 1.83 bits per heavy atom. The fourth-order valence-electron chi connectivity index (χ4n) is 2.37. The Kier molecular flexibility index (Phi) is 5.51. The molecule has 128 valence electrons. The zero-order chi connectivity index (χ0) is 17.9. The molecule has 1 N–H and O–H groups in total. The van der Waals surface area contributed by atoms with Gasteiger partial charge in [0.1, 0.15) is 6.04 Å². The molecule has 1 amide bonds. The molecule has 0 aliphatic carbocycles. The minimum Gasteiger partial charge on any atom is -0.323 e. The average Bonchev–Trinajstić information content (AvgIpc) is 2.48. The molecule has 0 saturated carbocycles. The summed E-state index contributed by atoms with van der Waals surface area (Å²) in [5, 5.41) is 3.06. The molecule has 0 fully saturated rings. The Morgan fingerprint density at radius 1 is 1.17 bits per heavy atom. The second kappa shape index (κ2) is 7.23. The Bertz CT molecular complexity index is 852. The van der Waals surface area contributed by atoms with Gasteiger partial charge >= 0.3 is 0 Å². The molecule has 0 aliphatic heterocycles. The van der Waals surface area contributed by atoms with E-state index < -0.39 is 22.0 Å². The molecule has 0 aromatic heterocycles. The van der Waals surface area contributed by atoms with Gasteiger partial charge in [-0.25, -0.2) is 8.42 Å². The van der Waals surface area contributed by atoms with E-state index in [0.29, 0.717) is 16.4 Å². The summed E-state index contributed by atoms with van der Waals surface area (Å²) in [6, 6.07) is 12.9. The number of aryl methyl sites for hydroxylation is 1. The number of carbonyl (C=O) groups excluding carboxylic acids is 1. The summed E-state index contributed by atoms with van der Waals surface area (Å²) < 4.78 is 25.6. The summed E-state index contributed by atoms with van der Waals surface area (Å²) in [4.78, 5) is 12.5. The number of nitrogens with zero attached hydrogens (tertiary/aromatic N) is 1. The molecule has 7 heteroatoms. The van der Waals surface area contributed by atoms with Crippen molar-refractivity contribution in [2.45, 2.75) is 19.9 Å². The number of hydrogen-bond donors (Lipinski definition) is 1. The van der Waals surface area contributed by atoms with Crippen LogP contribution in [0.1, 0.15) is 12.5 Å². The van der Waals surface area contributed by atoms with E-state index in [9.17, 15) is 13.2 Å². The van der Waals surface area contributed by atoms with E-state index in [0.717, 1.165) is 16.1 Å². The average molecular weight is 367 g/mol. The smallest absolute Gasteiger partial charge is 0.248 e. The quantitative estimate of drug-likeness (QED) is 0.881. The van der Waals surface area contributed by atoms with Crippen molar-refractivity contribution in [2.75, 3.05) is 15.9 Å². The first-order valence-electron chi connectivity index (χ1n) is 7.31. The van der Waals surface area contributed by atoms with Crippen LogP contribution in [0, 0.1) is 6.92 Å². The van der Waals surface area contributed by atoms with Crippen LogP contribution in [-0.2, 0) is 14.8 Å². The molecular weight excluding hydrogens is 348 g/mol. The molecular formula is C17H19ClN2O3S. The first-order chi connectivity index (χ1) is 11.2. The number of amides is 1. The molecule has 2 aromatic rings. The highest BCUT2D eigenvalue weighted by atomic mass is 35.5. The number of halogens is 1. The second-order valence-electron chi connectivity index (χ2n) is 5.54. The van der Waals surface area contributed by atoms with E-state index in [4.69, 9.17) is 11.6 Å². The zero-order valence-electron chi connectivity index (χ0n) is 13.7. The molecule has 0 aliphatic rings. The van der Waals surface area contributed by atoms with E-state index in [1.54, 1.807) is 42.5 Å². The fraction of sp³-hybridized carbons (Fsp3) is 0.235. The number of hydrogen-bond acceptors (Lipinski definition) is 3. The summed E-state index contributed by atoms with van der Waals surface area (Å²) in [5.41, 5.74) is 1.79. The SMILES string of the molecule is Cc1cccc(N(C(C)C(=O)Nc2ccccc2Cl)S(C)(=O)=O)c1. The Balaban J connectivity index is 2.33. The molecule has 0 heterocycles. The molecule has 0 radical (unpaired) electrons. The number of para-hydroxylation sites is 1. The number of carbonyl (C=O) groups is 1. The second-order valence-corrected chi connectivity index (χ2v) is 7.81. The third-order valence-corrected chi connectivity index (χ3v) is 5.05. The van der Waals surface area contributed by atoms with Crippen LogP contribution in [0.3, 0.4) is 0 Å². The monoisotopic (exact) mass is 366 g/mol. The number of benzene rings is 2. The predicted molar refractivity (Wildman–Crippen MR) is 98.0 cm³/mol. The van der Waals surface area contributed by atoms with E-state index in [2.05, 4.69) is 5.32 Å². The van der Waals surface area contributed by atoms with Crippen LogP contribution in [0.15, 0.2) is 48.5 Å². The maximum Gasteiger partial charge on any atom is 0.248 e. The summed E-state index contributed by atoms with van der Waals surface area (Å²) in [6.07, 6.45) is 1.08. The Morgan fingerprint density at radius 3 is 2.42 bits per heavy atom.